The second-order valence-electron chi connectivity index (χ2n) is 6.29. The highest BCUT2D eigenvalue weighted by atomic mass is 16.2. The first-order chi connectivity index (χ1) is 10.1. The van der Waals surface area contributed by atoms with Crippen LogP contribution in [0.1, 0.15) is 31.2 Å². The second-order valence-corrected chi connectivity index (χ2v) is 6.29. The maximum absolute atomic E-state index is 12.3. The topological polar surface area (TPSA) is 44.4 Å². The number of carbonyl (C=O) groups is 1. The van der Waals surface area contributed by atoms with Crippen LogP contribution < -0.4 is 10.6 Å². The van der Waals surface area contributed by atoms with E-state index >= 15 is 0 Å². The third kappa shape index (κ3) is 5.48. The van der Waals surface area contributed by atoms with Gasteiger partial charge in [-0.05, 0) is 57.6 Å². The smallest absolute Gasteiger partial charge is 0.241 e. The molecule has 1 aromatic rings. The fourth-order valence-electron chi connectivity index (χ4n) is 2.56. The number of nitrogens with one attached hydrogen (secondary N) is 2. The van der Waals surface area contributed by atoms with E-state index in [4.69, 9.17) is 0 Å². The second kappa shape index (κ2) is 7.57. The van der Waals surface area contributed by atoms with E-state index in [0.717, 1.165) is 31.0 Å². The number of anilines is 1. The normalized spacial score (nSPS) is 16.0. The van der Waals surface area contributed by atoms with Crippen LogP contribution in [0.4, 0.5) is 5.69 Å². The molecule has 0 saturated heterocycles. The highest BCUT2D eigenvalue weighted by Crippen LogP contribution is 2.33. The van der Waals surface area contributed by atoms with Crippen molar-refractivity contribution in [3.63, 3.8) is 0 Å². The standard InChI is InChI=1S/C17H27N3O/c1-18-16(10-9-13-7-8-13)17(21)19-15-6-4-5-14(11-15)12-20(2)3/h4-6,11,13,16,18H,7-10,12H2,1-3H3,(H,19,21). The molecule has 4 nitrogen and oxygen atoms in total. The van der Waals surface area contributed by atoms with E-state index in [0.29, 0.717) is 0 Å². The Bertz CT molecular complexity index is 469. The molecule has 4 heteroatoms. The third-order valence-corrected chi connectivity index (χ3v) is 3.92. The number of amides is 1. The van der Waals surface area contributed by atoms with Crippen molar-refractivity contribution in [3.8, 4) is 0 Å². The van der Waals surface area contributed by atoms with E-state index < -0.39 is 0 Å². The van der Waals surface area contributed by atoms with Crippen molar-refractivity contribution in [2.24, 2.45) is 5.92 Å². The lowest BCUT2D eigenvalue weighted by molar-refractivity contribution is -0.118. The number of hydrogen-bond acceptors (Lipinski definition) is 3. The number of nitrogens with zero attached hydrogens (tertiary/aromatic N) is 1. The maximum Gasteiger partial charge on any atom is 0.241 e. The Morgan fingerprint density at radius 3 is 2.76 bits per heavy atom. The molecule has 2 N–H and O–H groups in total. The van der Waals surface area contributed by atoms with Crippen molar-refractivity contribution in [3.05, 3.63) is 29.8 Å². The lowest BCUT2D eigenvalue weighted by Crippen LogP contribution is -2.38. The van der Waals surface area contributed by atoms with E-state index in [2.05, 4.69) is 21.6 Å². The van der Waals surface area contributed by atoms with E-state index in [1.54, 1.807) is 0 Å². The molecule has 1 atom stereocenters. The van der Waals surface area contributed by atoms with Crippen molar-refractivity contribution >= 4 is 11.6 Å². The summed E-state index contributed by atoms with van der Waals surface area (Å²) in [5.41, 5.74) is 2.09. The van der Waals surface area contributed by atoms with Crippen LogP contribution in [0, 0.1) is 5.92 Å². The molecule has 1 amide bonds. The van der Waals surface area contributed by atoms with Crippen molar-refractivity contribution in [1.29, 1.82) is 0 Å². The fourth-order valence-corrected chi connectivity index (χ4v) is 2.56. The molecule has 1 fully saturated rings. The van der Waals surface area contributed by atoms with E-state index in [-0.39, 0.29) is 11.9 Å². The summed E-state index contributed by atoms with van der Waals surface area (Å²) in [4.78, 5) is 14.4. The molecule has 0 radical (unpaired) electrons. The van der Waals surface area contributed by atoms with E-state index in [1.807, 2.05) is 39.3 Å². The molecule has 0 aliphatic heterocycles. The Kier molecular flexibility index (Phi) is 5.76. The van der Waals surface area contributed by atoms with Gasteiger partial charge in [0.05, 0.1) is 6.04 Å². The molecule has 0 spiro atoms. The monoisotopic (exact) mass is 289 g/mol. The predicted octanol–water partition coefficient (Wildman–Crippen LogP) is 2.46. The lowest BCUT2D eigenvalue weighted by atomic mass is 10.1. The highest BCUT2D eigenvalue weighted by Gasteiger charge is 2.24. The molecule has 1 saturated carbocycles. The highest BCUT2D eigenvalue weighted by molar-refractivity contribution is 5.94. The minimum atomic E-state index is -0.0943. The van der Waals surface area contributed by atoms with Gasteiger partial charge in [0.25, 0.3) is 0 Å². The summed E-state index contributed by atoms with van der Waals surface area (Å²) in [5.74, 6) is 0.928. The molecule has 0 bridgehead atoms. The van der Waals surface area contributed by atoms with Crippen LogP contribution in [0.5, 0.6) is 0 Å². The number of likely N-dealkylation sites (N-methyl/N-ethyl adjacent to an activating group) is 1. The third-order valence-electron chi connectivity index (χ3n) is 3.92. The van der Waals surface area contributed by atoms with Crippen molar-refractivity contribution < 1.29 is 4.79 Å². The summed E-state index contributed by atoms with van der Waals surface area (Å²) >= 11 is 0. The molecule has 21 heavy (non-hydrogen) atoms. The molecule has 1 aliphatic carbocycles. The fraction of sp³-hybridized carbons (Fsp3) is 0.588. The van der Waals surface area contributed by atoms with Gasteiger partial charge in [-0.2, -0.15) is 0 Å². The minimum Gasteiger partial charge on any atom is -0.325 e. The summed E-state index contributed by atoms with van der Waals surface area (Å²) in [6, 6.07) is 7.98. The number of benzene rings is 1. The van der Waals surface area contributed by atoms with Crippen LogP contribution in [0.2, 0.25) is 0 Å². The molecular formula is C17H27N3O. The average Bonchev–Trinajstić information content (AvgIpc) is 3.23. The van der Waals surface area contributed by atoms with Crippen LogP contribution in [0.25, 0.3) is 0 Å². The van der Waals surface area contributed by atoms with Gasteiger partial charge < -0.3 is 15.5 Å². The van der Waals surface area contributed by atoms with Crippen LogP contribution in [-0.2, 0) is 11.3 Å². The lowest BCUT2D eigenvalue weighted by Gasteiger charge is -2.17. The van der Waals surface area contributed by atoms with E-state index in [9.17, 15) is 4.79 Å². The zero-order valence-corrected chi connectivity index (χ0v) is 13.4. The molecule has 1 aliphatic rings. The first kappa shape index (κ1) is 16.0. The average molecular weight is 289 g/mol. The minimum absolute atomic E-state index is 0.0696. The number of carbonyl (C=O) groups excluding carboxylic acids is 1. The van der Waals surface area contributed by atoms with Crippen molar-refractivity contribution in [2.45, 2.75) is 38.3 Å². The first-order valence-corrected chi connectivity index (χ1v) is 7.80. The van der Waals surface area contributed by atoms with Gasteiger partial charge in [0.2, 0.25) is 5.91 Å². The van der Waals surface area contributed by atoms with Gasteiger partial charge in [-0.15, -0.1) is 0 Å². The van der Waals surface area contributed by atoms with Gasteiger partial charge in [-0.3, -0.25) is 4.79 Å². The predicted molar refractivity (Wildman–Crippen MR) is 87.3 cm³/mol. The summed E-state index contributed by atoms with van der Waals surface area (Å²) in [6.07, 6.45) is 4.75. The number of hydrogen-bond donors (Lipinski definition) is 2. The van der Waals surface area contributed by atoms with Crippen LogP contribution >= 0.6 is 0 Å². The maximum atomic E-state index is 12.3. The summed E-state index contributed by atoms with van der Waals surface area (Å²) in [6.45, 7) is 0.876. The molecule has 1 unspecified atom stereocenters. The van der Waals surface area contributed by atoms with Crippen LogP contribution in [0.15, 0.2) is 24.3 Å². The number of rotatable bonds is 8. The Labute approximate surface area is 127 Å². The van der Waals surface area contributed by atoms with Gasteiger partial charge in [0.15, 0.2) is 0 Å². The Morgan fingerprint density at radius 2 is 2.14 bits per heavy atom. The molecular weight excluding hydrogens is 262 g/mol. The van der Waals surface area contributed by atoms with Crippen molar-refractivity contribution in [2.75, 3.05) is 26.5 Å². The Balaban J connectivity index is 1.90. The van der Waals surface area contributed by atoms with Gasteiger partial charge in [-0.25, -0.2) is 0 Å². The summed E-state index contributed by atoms with van der Waals surface area (Å²) in [5, 5.41) is 6.16. The van der Waals surface area contributed by atoms with Crippen LogP contribution in [0.3, 0.4) is 0 Å². The summed E-state index contributed by atoms with van der Waals surface area (Å²) < 4.78 is 0. The molecule has 2 rings (SSSR count). The quantitative estimate of drug-likeness (QED) is 0.773. The SMILES string of the molecule is CNC(CCC1CC1)C(=O)Nc1cccc(CN(C)C)c1. The van der Waals surface area contributed by atoms with Gasteiger partial charge in [-0.1, -0.05) is 25.0 Å². The zero-order valence-electron chi connectivity index (χ0n) is 13.4. The Hall–Kier alpha value is -1.39. The summed E-state index contributed by atoms with van der Waals surface area (Å²) in [7, 11) is 5.94. The Morgan fingerprint density at radius 1 is 1.38 bits per heavy atom. The van der Waals surface area contributed by atoms with Gasteiger partial charge in [0.1, 0.15) is 0 Å². The van der Waals surface area contributed by atoms with Crippen molar-refractivity contribution in [1.82, 2.24) is 10.2 Å². The molecule has 116 valence electrons. The van der Waals surface area contributed by atoms with Gasteiger partial charge in [0, 0.05) is 12.2 Å². The largest absolute Gasteiger partial charge is 0.325 e. The van der Waals surface area contributed by atoms with Gasteiger partial charge >= 0.3 is 0 Å². The first-order valence-electron chi connectivity index (χ1n) is 7.80. The molecule has 0 aromatic heterocycles. The zero-order chi connectivity index (χ0) is 15.2. The van der Waals surface area contributed by atoms with E-state index in [1.165, 1.54) is 18.4 Å². The molecule has 0 heterocycles. The van der Waals surface area contributed by atoms with Crippen LogP contribution in [-0.4, -0.2) is 38.0 Å². The molecule has 1 aromatic carbocycles.